The van der Waals surface area contributed by atoms with E-state index < -0.39 is 17.3 Å². The Balaban J connectivity index is 1.57. The van der Waals surface area contributed by atoms with E-state index in [1.54, 1.807) is 30.3 Å². The number of rotatable bonds is 6. The van der Waals surface area contributed by atoms with Crippen molar-refractivity contribution in [2.45, 2.75) is 36.5 Å². The molecule has 7 nitrogen and oxygen atoms in total. The van der Waals surface area contributed by atoms with Gasteiger partial charge < -0.3 is 15.4 Å². The number of hydrogen-bond donors (Lipinski definition) is 2. The molecule has 1 aliphatic heterocycles. The molecule has 2 atom stereocenters. The zero-order valence-electron chi connectivity index (χ0n) is 15.9. The highest BCUT2D eigenvalue weighted by Crippen LogP contribution is 2.36. The summed E-state index contributed by atoms with van der Waals surface area (Å²) in [5.41, 5.74) is 1.65. The van der Waals surface area contributed by atoms with E-state index in [2.05, 4.69) is 10.6 Å². The van der Waals surface area contributed by atoms with Gasteiger partial charge in [0, 0.05) is 23.1 Å². The Hall–Kier alpha value is -3.13. The van der Waals surface area contributed by atoms with E-state index in [0.717, 1.165) is 10.6 Å². The van der Waals surface area contributed by atoms with Crippen LogP contribution in [0.4, 0.5) is 11.4 Å². The van der Waals surface area contributed by atoms with Gasteiger partial charge in [0.1, 0.15) is 0 Å². The molecule has 0 radical (unpaired) electrons. The summed E-state index contributed by atoms with van der Waals surface area (Å²) in [4.78, 5) is 48.9. The average molecular weight is 412 g/mol. The number of para-hydroxylation sites is 1. The summed E-state index contributed by atoms with van der Waals surface area (Å²) in [6, 6.07) is 13.7. The second-order valence-electron chi connectivity index (χ2n) is 6.55. The van der Waals surface area contributed by atoms with Gasteiger partial charge in [0.15, 0.2) is 6.10 Å². The third-order valence-electron chi connectivity index (χ3n) is 4.23. The molecule has 0 unspecified atom stereocenters. The summed E-state index contributed by atoms with van der Waals surface area (Å²) in [6.45, 7) is 2.88. The van der Waals surface area contributed by atoms with Crippen molar-refractivity contribution in [1.82, 2.24) is 0 Å². The molecule has 150 valence electrons. The topological polar surface area (TPSA) is 102 Å². The molecule has 0 aliphatic carbocycles. The number of fused-ring (bicyclic) bond motifs is 1. The second kappa shape index (κ2) is 8.91. The highest BCUT2D eigenvalue weighted by molar-refractivity contribution is 8.01. The molecule has 8 heteroatoms. The third kappa shape index (κ3) is 5.23. The van der Waals surface area contributed by atoms with Crippen LogP contribution < -0.4 is 10.6 Å². The number of hydrogen-bond acceptors (Lipinski definition) is 6. The summed E-state index contributed by atoms with van der Waals surface area (Å²) < 4.78 is 5.25. The standard InChI is InChI=1S/C21H20N2O5S/c1-12(20(26)14-7-9-15(10-8-14)22-13(2)24)28-19(25)11-18-21(27)23-16-5-3-4-6-17(16)29-18/h3-10,12,18H,11H2,1-2H3,(H,22,24)(H,23,27)/t12-,18-/m1/s1. The van der Waals surface area contributed by atoms with Crippen LogP contribution in [0.25, 0.3) is 0 Å². The van der Waals surface area contributed by atoms with Gasteiger partial charge in [0.25, 0.3) is 0 Å². The lowest BCUT2D eigenvalue weighted by Crippen LogP contribution is -2.33. The number of ketones is 1. The molecular formula is C21H20N2O5S. The van der Waals surface area contributed by atoms with Crippen molar-refractivity contribution in [2.24, 2.45) is 0 Å². The Morgan fingerprint density at radius 3 is 2.52 bits per heavy atom. The number of carbonyl (C=O) groups is 4. The Morgan fingerprint density at radius 1 is 1.14 bits per heavy atom. The van der Waals surface area contributed by atoms with Gasteiger partial charge in [-0.15, -0.1) is 11.8 Å². The minimum atomic E-state index is -0.988. The molecule has 0 saturated carbocycles. The molecule has 2 aromatic rings. The van der Waals surface area contributed by atoms with Crippen molar-refractivity contribution in [1.29, 1.82) is 0 Å². The number of thioether (sulfide) groups is 1. The van der Waals surface area contributed by atoms with Crippen LogP contribution in [0.5, 0.6) is 0 Å². The maximum atomic E-state index is 12.5. The predicted molar refractivity (Wildman–Crippen MR) is 110 cm³/mol. The van der Waals surface area contributed by atoms with Gasteiger partial charge in [-0.05, 0) is 43.3 Å². The summed E-state index contributed by atoms with van der Waals surface area (Å²) in [5.74, 6) is -1.46. The van der Waals surface area contributed by atoms with E-state index in [-0.39, 0.29) is 24.0 Å². The zero-order chi connectivity index (χ0) is 21.0. The van der Waals surface area contributed by atoms with Crippen LogP contribution in [0.3, 0.4) is 0 Å². The van der Waals surface area contributed by atoms with Gasteiger partial charge in [0.2, 0.25) is 17.6 Å². The molecule has 2 aromatic carbocycles. The fourth-order valence-corrected chi connectivity index (χ4v) is 3.93. The van der Waals surface area contributed by atoms with E-state index >= 15 is 0 Å². The number of esters is 1. The zero-order valence-corrected chi connectivity index (χ0v) is 16.7. The van der Waals surface area contributed by atoms with Gasteiger partial charge in [-0.1, -0.05) is 12.1 Å². The van der Waals surface area contributed by atoms with Crippen LogP contribution in [0.1, 0.15) is 30.6 Å². The number of nitrogens with one attached hydrogen (secondary N) is 2. The molecule has 29 heavy (non-hydrogen) atoms. The van der Waals surface area contributed by atoms with Crippen LogP contribution >= 0.6 is 11.8 Å². The molecule has 0 aromatic heterocycles. The van der Waals surface area contributed by atoms with Gasteiger partial charge in [0.05, 0.1) is 17.4 Å². The number of benzene rings is 2. The van der Waals surface area contributed by atoms with E-state index in [9.17, 15) is 19.2 Å². The number of Topliss-reactive ketones (excluding diaryl/α,β-unsaturated/α-hetero) is 1. The van der Waals surface area contributed by atoms with Crippen molar-refractivity contribution in [3.63, 3.8) is 0 Å². The van der Waals surface area contributed by atoms with E-state index in [1.165, 1.54) is 25.6 Å². The first-order valence-corrected chi connectivity index (χ1v) is 9.89. The van der Waals surface area contributed by atoms with Crippen LogP contribution in [-0.2, 0) is 19.1 Å². The molecule has 1 heterocycles. The Bertz CT molecular complexity index is 958. The van der Waals surface area contributed by atoms with Crippen LogP contribution in [0.15, 0.2) is 53.4 Å². The minimum Gasteiger partial charge on any atom is -0.454 e. The lowest BCUT2D eigenvalue weighted by Gasteiger charge is -2.23. The molecule has 2 amide bonds. The summed E-state index contributed by atoms with van der Waals surface area (Å²) in [7, 11) is 0. The van der Waals surface area contributed by atoms with Crippen LogP contribution in [0.2, 0.25) is 0 Å². The number of anilines is 2. The number of amides is 2. The van der Waals surface area contributed by atoms with Crippen molar-refractivity contribution in [3.8, 4) is 0 Å². The SMILES string of the molecule is CC(=O)Nc1ccc(C(=O)[C@@H](C)OC(=O)C[C@H]2Sc3ccccc3NC2=O)cc1. The van der Waals surface area contributed by atoms with E-state index in [0.29, 0.717) is 11.3 Å². The molecule has 0 saturated heterocycles. The smallest absolute Gasteiger partial charge is 0.308 e. The lowest BCUT2D eigenvalue weighted by molar-refractivity contribution is -0.147. The number of ether oxygens (including phenoxy) is 1. The highest BCUT2D eigenvalue weighted by Gasteiger charge is 2.30. The molecule has 0 bridgehead atoms. The van der Waals surface area contributed by atoms with Gasteiger partial charge >= 0.3 is 5.97 Å². The lowest BCUT2D eigenvalue weighted by atomic mass is 10.1. The molecule has 0 fully saturated rings. The molecule has 0 spiro atoms. The van der Waals surface area contributed by atoms with E-state index in [1.807, 2.05) is 18.2 Å². The first-order chi connectivity index (χ1) is 13.8. The molecular weight excluding hydrogens is 392 g/mol. The first-order valence-electron chi connectivity index (χ1n) is 9.01. The highest BCUT2D eigenvalue weighted by atomic mass is 32.2. The maximum absolute atomic E-state index is 12.5. The Kier molecular flexibility index (Phi) is 6.33. The van der Waals surface area contributed by atoms with Crippen molar-refractivity contribution >= 4 is 46.7 Å². The van der Waals surface area contributed by atoms with Crippen molar-refractivity contribution in [2.75, 3.05) is 10.6 Å². The summed E-state index contributed by atoms with van der Waals surface area (Å²) in [5, 5.41) is 4.77. The van der Waals surface area contributed by atoms with Crippen molar-refractivity contribution in [3.05, 3.63) is 54.1 Å². The largest absolute Gasteiger partial charge is 0.454 e. The molecule has 3 rings (SSSR count). The fraction of sp³-hybridized carbons (Fsp3) is 0.238. The van der Waals surface area contributed by atoms with Gasteiger partial charge in [-0.25, -0.2) is 0 Å². The van der Waals surface area contributed by atoms with Gasteiger partial charge in [-0.3, -0.25) is 19.2 Å². The first kappa shape index (κ1) is 20.6. The third-order valence-corrected chi connectivity index (χ3v) is 5.50. The average Bonchev–Trinajstić information content (AvgIpc) is 2.68. The van der Waals surface area contributed by atoms with Crippen LogP contribution in [-0.4, -0.2) is 34.9 Å². The van der Waals surface area contributed by atoms with Crippen molar-refractivity contribution < 1.29 is 23.9 Å². The number of carbonyl (C=O) groups excluding carboxylic acids is 4. The Labute approximate surface area is 172 Å². The monoisotopic (exact) mass is 412 g/mol. The minimum absolute atomic E-state index is 0.135. The predicted octanol–water partition coefficient (Wildman–Crippen LogP) is 3.26. The molecule has 1 aliphatic rings. The second-order valence-corrected chi connectivity index (χ2v) is 7.80. The Morgan fingerprint density at radius 2 is 1.83 bits per heavy atom. The molecule has 2 N–H and O–H groups in total. The summed E-state index contributed by atoms with van der Waals surface area (Å²) >= 11 is 1.30. The van der Waals surface area contributed by atoms with Crippen LogP contribution in [0, 0.1) is 0 Å². The maximum Gasteiger partial charge on any atom is 0.308 e. The fourth-order valence-electron chi connectivity index (χ4n) is 2.83. The quantitative estimate of drug-likeness (QED) is 0.558. The normalized spacial score (nSPS) is 16.2. The van der Waals surface area contributed by atoms with Gasteiger partial charge in [-0.2, -0.15) is 0 Å². The summed E-state index contributed by atoms with van der Waals surface area (Å²) in [6.07, 6.45) is -1.12. The van der Waals surface area contributed by atoms with E-state index in [4.69, 9.17) is 4.74 Å².